The van der Waals surface area contributed by atoms with E-state index in [1.165, 1.54) is 0 Å². The van der Waals surface area contributed by atoms with Gasteiger partial charge in [0.25, 0.3) is 0 Å². The second-order valence-corrected chi connectivity index (χ2v) is 3.58. The van der Waals surface area contributed by atoms with Gasteiger partial charge in [-0.15, -0.1) is 0 Å². The largest absolute Gasteiger partial charge is 0.392 e. The van der Waals surface area contributed by atoms with E-state index >= 15 is 0 Å². The minimum Gasteiger partial charge on any atom is -0.392 e. The molecule has 0 amide bonds. The first kappa shape index (κ1) is 9.04. The second-order valence-electron chi connectivity index (χ2n) is 3.05. The number of aliphatic hydroxyl groups is 1. The summed E-state index contributed by atoms with van der Waals surface area (Å²) in [6, 6.07) is 0. The maximum atomic E-state index is 9.28. The minimum atomic E-state index is -0.167. The maximum absolute atomic E-state index is 9.28. The van der Waals surface area contributed by atoms with Crippen LogP contribution in [0.5, 0.6) is 0 Å². The molecule has 0 aromatic heterocycles. The van der Waals surface area contributed by atoms with E-state index in [0.717, 1.165) is 25.9 Å². The summed E-state index contributed by atoms with van der Waals surface area (Å²) in [4.78, 5) is 2.13. The molecule has 1 aliphatic rings. The van der Waals surface area contributed by atoms with Gasteiger partial charge in [-0.05, 0) is 19.4 Å². The van der Waals surface area contributed by atoms with Crippen LogP contribution in [-0.2, 0) is 0 Å². The third-order valence-corrected chi connectivity index (χ3v) is 2.00. The second kappa shape index (κ2) is 4.10. The first-order valence-corrected chi connectivity index (χ1v) is 4.30. The zero-order chi connectivity index (χ0) is 8.27. The molecule has 1 rings (SSSR count). The summed E-state index contributed by atoms with van der Waals surface area (Å²) in [6.45, 7) is 6.10. The van der Waals surface area contributed by atoms with Gasteiger partial charge in [-0.1, -0.05) is 18.2 Å². The summed E-state index contributed by atoms with van der Waals surface area (Å²) in [7, 11) is 0. The van der Waals surface area contributed by atoms with Crippen molar-refractivity contribution in [3.8, 4) is 0 Å². The Labute approximate surface area is 72.5 Å². The van der Waals surface area contributed by atoms with E-state index in [1.807, 2.05) is 0 Å². The Morgan fingerprint density at radius 1 is 1.73 bits per heavy atom. The highest BCUT2D eigenvalue weighted by molar-refractivity contribution is 6.29. The summed E-state index contributed by atoms with van der Waals surface area (Å²) in [5.74, 6) is 0. The van der Waals surface area contributed by atoms with Crippen LogP contribution in [0.4, 0.5) is 0 Å². The van der Waals surface area contributed by atoms with Gasteiger partial charge < -0.3 is 5.11 Å². The Kier molecular flexibility index (Phi) is 3.37. The normalized spacial score (nSPS) is 26.9. The van der Waals surface area contributed by atoms with Gasteiger partial charge in [0.2, 0.25) is 0 Å². The van der Waals surface area contributed by atoms with E-state index in [9.17, 15) is 5.11 Å². The minimum absolute atomic E-state index is 0.167. The topological polar surface area (TPSA) is 23.5 Å². The Hall–Kier alpha value is -0.0500. The first-order chi connectivity index (χ1) is 5.18. The lowest BCUT2D eigenvalue weighted by molar-refractivity contribution is 0.0766. The van der Waals surface area contributed by atoms with E-state index in [2.05, 4.69) is 11.5 Å². The fourth-order valence-electron chi connectivity index (χ4n) is 1.42. The summed E-state index contributed by atoms with van der Waals surface area (Å²) < 4.78 is 0. The molecule has 0 bridgehead atoms. The van der Waals surface area contributed by atoms with Crippen molar-refractivity contribution in [2.24, 2.45) is 0 Å². The number of β-amino-alcohol motifs (C(OH)–C–C–N with tert-alkyl or cyclic N) is 1. The Morgan fingerprint density at radius 3 is 3.00 bits per heavy atom. The number of piperidine rings is 1. The average Bonchev–Trinajstić information content (AvgIpc) is 1.85. The van der Waals surface area contributed by atoms with E-state index < -0.39 is 0 Å². The number of rotatable bonds is 2. The highest BCUT2D eigenvalue weighted by Crippen LogP contribution is 2.11. The van der Waals surface area contributed by atoms with Crippen molar-refractivity contribution >= 4 is 11.6 Å². The summed E-state index contributed by atoms with van der Waals surface area (Å²) >= 11 is 5.64. The summed E-state index contributed by atoms with van der Waals surface area (Å²) in [5, 5.41) is 9.93. The molecular formula is C8H14ClNO. The lowest BCUT2D eigenvalue weighted by Gasteiger charge is -2.29. The van der Waals surface area contributed by atoms with Crippen molar-refractivity contribution in [3.05, 3.63) is 11.6 Å². The predicted octanol–water partition coefficient (Wildman–Crippen LogP) is 1.20. The molecular weight excluding hydrogens is 162 g/mol. The SMILES string of the molecule is C=C(Cl)CN1CCC[C@H](O)C1. The molecule has 0 spiro atoms. The van der Waals surface area contributed by atoms with Gasteiger partial charge in [0, 0.05) is 18.1 Å². The predicted molar refractivity (Wildman–Crippen MR) is 46.7 cm³/mol. The zero-order valence-corrected chi connectivity index (χ0v) is 7.35. The molecule has 2 nitrogen and oxygen atoms in total. The van der Waals surface area contributed by atoms with Crippen LogP contribution in [0.1, 0.15) is 12.8 Å². The number of aliphatic hydroxyl groups excluding tert-OH is 1. The van der Waals surface area contributed by atoms with Crippen LogP contribution in [0.15, 0.2) is 11.6 Å². The van der Waals surface area contributed by atoms with Gasteiger partial charge in [0.05, 0.1) is 6.10 Å². The van der Waals surface area contributed by atoms with E-state index in [4.69, 9.17) is 11.6 Å². The molecule has 3 heteroatoms. The third-order valence-electron chi connectivity index (χ3n) is 1.88. The van der Waals surface area contributed by atoms with Crippen LogP contribution >= 0.6 is 11.6 Å². The van der Waals surface area contributed by atoms with Gasteiger partial charge >= 0.3 is 0 Å². The number of likely N-dealkylation sites (tertiary alicyclic amines) is 1. The Morgan fingerprint density at radius 2 is 2.45 bits per heavy atom. The number of halogens is 1. The monoisotopic (exact) mass is 175 g/mol. The van der Waals surface area contributed by atoms with Crippen LogP contribution in [0.3, 0.4) is 0 Å². The van der Waals surface area contributed by atoms with E-state index in [1.54, 1.807) is 0 Å². The molecule has 1 saturated heterocycles. The van der Waals surface area contributed by atoms with Gasteiger partial charge in [-0.2, -0.15) is 0 Å². The van der Waals surface area contributed by atoms with Crippen LogP contribution in [0, 0.1) is 0 Å². The number of hydrogen-bond donors (Lipinski definition) is 1. The van der Waals surface area contributed by atoms with Gasteiger partial charge in [-0.3, -0.25) is 4.90 Å². The molecule has 1 aliphatic heterocycles. The van der Waals surface area contributed by atoms with E-state index in [-0.39, 0.29) is 6.10 Å². The first-order valence-electron chi connectivity index (χ1n) is 3.92. The van der Waals surface area contributed by atoms with Crippen molar-refractivity contribution in [1.29, 1.82) is 0 Å². The highest BCUT2D eigenvalue weighted by Gasteiger charge is 2.16. The van der Waals surface area contributed by atoms with Gasteiger partial charge in [-0.25, -0.2) is 0 Å². The van der Waals surface area contributed by atoms with Crippen molar-refractivity contribution in [1.82, 2.24) is 4.90 Å². The molecule has 0 aromatic carbocycles. The highest BCUT2D eigenvalue weighted by atomic mass is 35.5. The Bertz CT molecular complexity index is 149. The van der Waals surface area contributed by atoms with Crippen molar-refractivity contribution in [3.63, 3.8) is 0 Å². The zero-order valence-electron chi connectivity index (χ0n) is 6.59. The molecule has 0 unspecified atom stereocenters. The summed E-state index contributed by atoms with van der Waals surface area (Å²) in [6.07, 6.45) is 1.82. The third kappa shape index (κ3) is 3.23. The molecule has 0 radical (unpaired) electrons. The fourth-order valence-corrected chi connectivity index (χ4v) is 1.59. The van der Waals surface area contributed by atoms with Crippen LogP contribution in [0.2, 0.25) is 0 Å². The Balaban J connectivity index is 2.28. The quantitative estimate of drug-likeness (QED) is 0.682. The lowest BCUT2D eigenvalue weighted by Crippen LogP contribution is -2.38. The smallest absolute Gasteiger partial charge is 0.0667 e. The van der Waals surface area contributed by atoms with Crippen molar-refractivity contribution in [2.75, 3.05) is 19.6 Å². The average molecular weight is 176 g/mol. The lowest BCUT2D eigenvalue weighted by atomic mass is 10.1. The number of hydrogen-bond acceptors (Lipinski definition) is 2. The molecule has 0 aromatic rings. The van der Waals surface area contributed by atoms with Crippen molar-refractivity contribution in [2.45, 2.75) is 18.9 Å². The molecule has 1 fully saturated rings. The molecule has 0 saturated carbocycles. The summed E-state index contributed by atoms with van der Waals surface area (Å²) in [5.41, 5.74) is 0. The molecule has 11 heavy (non-hydrogen) atoms. The fraction of sp³-hybridized carbons (Fsp3) is 0.750. The van der Waals surface area contributed by atoms with Crippen LogP contribution < -0.4 is 0 Å². The molecule has 1 N–H and O–H groups in total. The number of nitrogens with zero attached hydrogens (tertiary/aromatic N) is 1. The van der Waals surface area contributed by atoms with E-state index in [0.29, 0.717) is 11.6 Å². The van der Waals surface area contributed by atoms with Gasteiger partial charge in [0.1, 0.15) is 0 Å². The molecule has 0 aliphatic carbocycles. The van der Waals surface area contributed by atoms with Crippen molar-refractivity contribution < 1.29 is 5.11 Å². The molecule has 1 atom stereocenters. The van der Waals surface area contributed by atoms with Crippen LogP contribution in [-0.4, -0.2) is 35.7 Å². The molecule has 64 valence electrons. The molecule has 1 heterocycles. The van der Waals surface area contributed by atoms with Gasteiger partial charge in [0.15, 0.2) is 0 Å². The maximum Gasteiger partial charge on any atom is 0.0667 e. The standard InChI is InChI=1S/C8H14ClNO/c1-7(9)5-10-4-2-3-8(11)6-10/h8,11H,1-6H2/t8-/m0/s1. The van der Waals surface area contributed by atoms with Crippen LogP contribution in [0.25, 0.3) is 0 Å².